The van der Waals surface area contributed by atoms with Gasteiger partial charge in [0.1, 0.15) is 6.04 Å². The fourth-order valence-electron chi connectivity index (χ4n) is 2.48. The molecule has 86 valence electrons. The summed E-state index contributed by atoms with van der Waals surface area (Å²) < 4.78 is 4.98. The van der Waals surface area contributed by atoms with E-state index in [2.05, 4.69) is 10.2 Å². The topological polar surface area (TPSA) is 41.6 Å². The van der Waals surface area contributed by atoms with Crippen LogP contribution < -0.4 is 5.32 Å². The number of hydrogen-bond acceptors (Lipinski definition) is 4. The molecule has 0 aromatic heterocycles. The predicted molar refractivity (Wildman–Crippen MR) is 57.6 cm³/mol. The van der Waals surface area contributed by atoms with Crippen LogP contribution in [0.2, 0.25) is 0 Å². The molecule has 15 heavy (non-hydrogen) atoms. The Kier molecular flexibility index (Phi) is 3.59. The fraction of sp³-hybridized carbons (Fsp3) is 0.909. The number of cyclic esters (lactones) is 1. The molecular formula is C11H20N2O2. The Balaban J connectivity index is 1.80. The van der Waals surface area contributed by atoms with Crippen molar-refractivity contribution < 1.29 is 9.53 Å². The van der Waals surface area contributed by atoms with Gasteiger partial charge in [-0.1, -0.05) is 0 Å². The minimum absolute atomic E-state index is 0.0138. The van der Waals surface area contributed by atoms with Crippen LogP contribution in [-0.4, -0.2) is 50.2 Å². The van der Waals surface area contributed by atoms with E-state index in [9.17, 15) is 4.79 Å². The van der Waals surface area contributed by atoms with Gasteiger partial charge in [-0.2, -0.15) is 0 Å². The highest BCUT2D eigenvalue weighted by Crippen LogP contribution is 2.18. The van der Waals surface area contributed by atoms with Crippen LogP contribution in [0.1, 0.15) is 19.3 Å². The minimum atomic E-state index is -0.0357. The summed E-state index contributed by atoms with van der Waals surface area (Å²) in [7, 11) is 2.04. The zero-order chi connectivity index (χ0) is 10.7. The number of rotatable bonds is 3. The van der Waals surface area contributed by atoms with E-state index in [0.29, 0.717) is 6.61 Å². The van der Waals surface area contributed by atoms with E-state index < -0.39 is 0 Å². The SMILES string of the molecule is CN(CC1CCNCC1)C1CCOC1=O. The quantitative estimate of drug-likeness (QED) is 0.680. The Morgan fingerprint density at radius 1 is 1.40 bits per heavy atom. The third-order valence-electron chi connectivity index (χ3n) is 3.44. The molecule has 1 N–H and O–H groups in total. The third-order valence-corrected chi connectivity index (χ3v) is 3.44. The first-order chi connectivity index (χ1) is 7.27. The van der Waals surface area contributed by atoms with Gasteiger partial charge < -0.3 is 10.1 Å². The molecule has 2 saturated heterocycles. The molecule has 4 heteroatoms. The van der Waals surface area contributed by atoms with Gasteiger partial charge in [0.2, 0.25) is 0 Å². The lowest BCUT2D eigenvalue weighted by Gasteiger charge is -2.29. The summed E-state index contributed by atoms with van der Waals surface area (Å²) in [5, 5.41) is 3.36. The molecular weight excluding hydrogens is 192 g/mol. The van der Waals surface area contributed by atoms with Crippen LogP contribution in [0.15, 0.2) is 0 Å². The molecule has 0 aromatic carbocycles. The van der Waals surface area contributed by atoms with Crippen LogP contribution in [0.4, 0.5) is 0 Å². The standard InChI is InChI=1S/C11H20N2O2/c1-13(10-4-7-15-11(10)14)8-9-2-5-12-6-3-9/h9-10,12H,2-8H2,1H3. The lowest BCUT2D eigenvalue weighted by molar-refractivity contribution is -0.142. The van der Waals surface area contributed by atoms with E-state index in [0.717, 1.165) is 32.0 Å². The van der Waals surface area contributed by atoms with Gasteiger partial charge in [0.25, 0.3) is 0 Å². The van der Waals surface area contributed by atoms with Gasteiger partial charge >= 0.3 is 5.97 Å². The molecule has 0 aliphatic carbocycles. The number of hydrogen-bond donors (Lipinski definition) is 1. The summed E-state index contributed by atoms with van der Waals surface area (Å²) in [6.07, 6.45) is 3.32. The third kappa shape index (κ3) is 2.69. The Hall–Kier alpha value is -0.610. The Morgan fingerprint density at radius 3 is 2.73 bits per heavy atom. The summed E-state index contributed by atoms with van der Waals surface area (Å²) in [5.41, 5.74) is 0. The maximum absolute atomic E-state index is 11.4. The zero-order valence-corrected chi connectivity index (χ0v) is 9.37. The molecule has 1 unspecified atom stereocenters. The van der Waals surface area contributed by atoms with Crippen molar-refractivity contribution in [2.24, 2.45) is 5.92 Å². The molecule has 1 atom stereocenters. The molecule has 4 nitrogen and oxygen atoms in total. The van der Waals surface area contributed by atoms with E-state index >= 15 is 0 Å². The summed E-state index contributed by atoms with van der Waals surface area (Å²) in [6, 6.07) is 0.0138. The van der Waals surface area contributed by atoms with Gasteiger partial charge in [-0.05, 0) is 38.9 Å². The van der Waals surface area contributed by atoms with Gasteiger partial charge in [-0.25, -0.2) is 0 Å². The molecule has 2 heterocycles. The molecule has 0 spiro atoms. The zero-order valence-electron chi connectivity index (χ0n) is 9.37. The molecule has 2 rings (SSSR count). The summed E-state index contributed by atoms with van der Waals surface area (Å²) in [6.45, 7) is 3.86. The number of likely N-dealkylation sites (N-methyl/N-ethyl adjacent to an activating group) is 1. The molecule has 0 aromatic rings. The lowest BCUT2D eigenvalue weighted by atomic mass is 9.97. The summed E-state index contributed by atoms with van der Waals surface area (Å²) in [5.74, 6) is 0.705. The number of piperidine rings is 1. The van der Waals surface area contributed by atoms with E-state index in [1.54, 1.807) is 0 Å². The van der Waals surface area contributed by atoms with E-state index in [4.69, 9.17) is 4.74 Å². The number of nitrogens with one attached hydrogen (secondary N) is 1. The van der Waals surface area contributed by atoms with Gasteiger partial charge in [-0.15, -0.1) is 0 Å². The molecule has 0 bridgehead atoms. The molecule has 0 amide bonds. The van der Waals surface area contributed by atoms with Crippen molar-refractivity contribution in [2.45, 2.75) is 25.3 Å². The van der Waals surface area contributed by atoms with Crippen LogP contribution >= 0.6 is 0 Å². The normalized spacial score (nSPS) is 28.4. The van der Waals surface area contributed by atoms with Crippen LogP contribution in [0.5, 0.6) is 0 Å². The first kappa shape index (κ1) is 10.9. The molecule has 2 aliphatic heterocycles. The Bertz CT molecular complexity index is 227. The van der Waals surface area contributed by atoms with Crippen molar-refractivity contribution in [3.8, 4) is 0 Å². The Morgan fingerprint density at radius 2 is 2.13 bits per heavy atom. The van der Waals surface area contributed by atoms with E-state index in [1.165, 1.54) is 12.8 Å². The van der Waals surface area contributed by atoms with Crippen molar-refractivity contribution in [3.05, 3.63) is 0 Å². The van der Waals surface area contributed by atoms with Gasteiger partial charge in [-0.3, -0.25) is 9.69 Å². The van der Waals surface area contributed by atoms with Crippen molar-refractivity contribution >= 4 is 5.97 Å². The average molecular weight is 212 g/mol. The number of ether oxygens (including phenoxy) is 1. The van der Waals surface area contributed by atoms with Gasteiger partial charge in [0, 0.05) is 13.0 Å². The van der Waals surface area contributed by atoms with Crippen molar-refractivity contribution in [1.29, 1.82) is 0 Å². The first-order valence-electron chi connectivity index (χ1n) is 5.85. The maximum Gasteiger partial charge on any atom is 0.323 e. The monoisotopic (exact) mass is 212 g/mol. The second-order valence-electron chi connectivity index (χ2n) is 4.60. The van der Waals surface area contributed by atoms with Gasteiger partial charge in [0.05, 0.1) is 6.61 Å². The van der Waals surface area contributed by atoms with E-state index in [1.807, 2.05) is 7.05 Å². The van der Waals surface area contributed by atoms with Crippen molar-refractivity contribution in [3.63, 3.8) is 0 Å². The maximum atomic E-state index is 11.4. The smallest absolute Gasteiger partial charge is 0.323 e. The number of nitrogens with zero attached hydrogens (tertiary/aromatic N) is 1. The molecule has 2 aliphatic rings. The predicted octanol–water partition coefficient (Wildman–Crippen LogP) is 0.233. The largest absolute Gasteiger partial charge is 0.464 e. The molecule has 0 saturated carbocycles. The van der Waals surface area contributed by atoms with Crippen molar-refractivity contribution in [1.82, 2.24) is 10.2 Å². The molecule has 0 radical (unpaired) electrons. The highest BCUT2D eigenvalue weighted by molar-refractivity contribution is 5.77. The fourth-order valence-corrected chi connectivity index (χ4v) is 2.48. The highest BCUT2D eigenvalue weighted by Gasteiger charge is 2.31. The number of esters is 1. The van der Waals surface area contributed by atoms with E-state index in [-0.39, 0.29) is 12.0 Å². The number of carbonyl (C=O) groups is 1. The Labute approximate surface area is 91.0 Å². The van der Waals surface area contributed by atoms with Crippen LogP contribution in [0.25, 0.3) is 0 Å². The van der Waals surface area contributed by atoms with Crippen LogP contribution in [0, 0.1) is 5.92 Å². The molecule has 2 fully saturated rings. The number of carbonyl (C=O) groups excluding carboxylic acids is 1. The minimum Gasteiger partial charge on any atom is -0.464 e. The lowest BCUT2D eigenvalue weighted by Crippen LogP contribution is -2.41. The average Bonchev–Trinajstić information content (AvgIpc) is 2.66. The van der Waals surface area contributed by atoms with Crippen molar-refractivity contribution in [2.75, 3.05) is 33.3 Å². The second-order valence-corrected chi connectivity index (χ2v) is 4.60. The summed E-state index contributed by atoms with van der Waals surface area (Å²) >= 11 is 0. The van der Waals surface area contributed by atoms with Crippen LogP contribution in [-0.2, 0) is 9.53 Å². The van der Waals surface area contributed by atoms with Gasteiger partial charge in [0.15, 0.2) is 0 Å². The second kappa shape index (κ2) is 4.94. The first-order valence-corrected chi connectivity index (χ1v) is 5.85. The van der Waals surface area contributed by atoms with Crippen LogP contribution in [0.3, 0.4) is 0 Å². The highest BCUT2D eigenvalue weighted by atomic mass is 16.5. The summed E-state index contributed by atoms with van der Waals surface area (Å²) in [4.78, 5) is 13.6.